The molecule has 4 nitrogen and oxygen atoms in total. The van der Waals surface area contributed by atoms with Crippen molar-refractivity contribution < 1.29 is 9.53 Å². The van der Waals surface area contributed by atoms with Crippen LogP contribution in [0.5, 0.6) is 5.75 Å². The Hall–Kier alpha value is -2.14. The maximum absolute atomic E-state index is 12.2. The van der Waals surface area contributed by atoms with Crippen LogP contribution in [-0.4, -0.2) is 19.2 Å². The van der Waals surface area contributed by atoms with Gasteiger partial charge in [0.1, 0.15) is 5.75 Å². The van der Waals surface area contributed by atoms with Crippen molar-refractivity contribution in [1.29, 1.82) is 0 Å². The second-order valence-corrected chi connectivity index (χ2v) is 5.83. The Morgan fingerprint density at radius 3 is 2.77 bits per heavy atom. The molecule has 0 bridgehead atoms. The summed E-state index contributed by atoms with van der Waals surface area (Å²) in [4.78, 5) is 16.6. The average Bonchev–Trinajstić information content (AvgIpc) is 2.54. The molecule has 1 amide bonds. The van der Waals surface area contributed by atoms with Crippen molar-refractivity contribution in [3.8, 4) is 5.75 Å². The molecule has 112 valence electrons. The fourth-order valence-corrected chi connectivity index (χ4v) is 2.98. The molecule has 1 atom stereocenters. The van der Waals surface area contributed by atoms with Gasteiger partial charge in [-0.2, -0.15) is 0 Å². The van der Waals surface area contributed by atoms with E-state index in [0.29, 0.717) is 6.54 Å². The highest BCUT2D eigenvalue weighted by atomic mass is 79.9. The monoisotopic (exact) mass is 358 g/mol. The maximum atomic E-state index is 12.2. The molecule has 1 aliphatic rings. The van der Waals surface area contributed by atoms with Crippen LogP contribution in [0.25, 0.3) is 0 Å². The molecule has 0 aromatic heterocycles. The molecule has 2 aromatic carbocycles. The zero-order valence-corrected chi connectivity index (χ0v) is 13.6. The summed E-state index contributed by atoms with van der Waals surface area (Å²) >= 11 is 3.53. The van der Waals surface area contributed by atoms with Gasteiger partial charge in [-0.15, -0.1) is 0 Å². The summed E-state index contributed by atoms with van der Waals surface area (Å²) in [6.07, 6.45) is 1.70. The van der Waals surface area contributed by atoms with E-state index in [4.69, 9.17) is 4.74 Å². The first-order chi connectivity index (χ1) is 10.7. The van der Waals surface area contributed by atoms with E-state index in [1.807, 2.05) is 42.5 Å². The summed E-state index contributed by atoms with van der Waals surface area (Å²) in [6, 6.07) is 13.3. The standard InChI is InChI=1S/C17H15BrN2O2/c1-22-12-7-5-11(6-8-12)19-10-15-13-3-2-4-16(18)14(13)9-20-17(15)21/h2-8,10,15H,9H2,1H3,(H,20,21). The van der Waals surface area contributed by atoms with Gasteiger partial charge in [-0.3, -0.25) is 9.79 Å². The molecule has 2 aromatic rings. The predicted molar refractivity (Wildman–Crippen MR) is 89.9 cm³/mol. The van der Waals surface area contributed by atoms with Crippen LogP contribution < -0.4 is 10.1 Å². The van der Waals surface area contributed by atoms with Gasteiger partial charge in [-0.25, -0.2) is 0 Å². The second-order valence-electron chi connectivity index (χ2n) is 4.98. The van der Waals surface area contributed by atoms with Crippen molar-refractivity contribution in [1.82, 2.24) is 5.32 Å². The van der Waals surface area contributed by atoms with E-state index >= 15 is 0 Å². The number of carbonyl (C=O) groups is 1. The SMILES string of the molecule is COc1ccc(N=CC2C(=O)NCc3c(Br)cccc32)cc1. The van der Waals surface area contributed by atoms with Gasteiger partial charge < -0.3 is 10.1 Å². The lowest BCUT2D eigenvalue weighted by Gasteiger charge is -2.23. The van der Waals surface area contributed by atoms with Crippen molar-refractivity contribution in [2.24, 2.45) is 4.99 Å². The smallest absolute Gasteiger partial charge is 0.233 e. The molecule has 1 N–H and O–H groups in total. The molecular weight excluding hydrogens is 344 g/mol. The lowest BCUT2D eigenvalue weighted by atomic mass is 9.91. The Kier molecular flexibility index (Phi) is 4.24. The van der Waals surface area contributed by atoms with Crippen molar-refractivity contribution in [3.05, 3.63) is 58.1 Å². The molecule has 0 aliphatic carbocycles. The fraction of sp³-hybridized carbons (Fsp3) is 0.176. The number of ether oxygens (including phenoxy) is 1. The Bertz CT molecular complexity index is 726. The topological polar surface area (TPSA) is 50.7 Å². The number of hydrogen-bond donors (Lipinski definition) is 1. The first-order valence-electron chi connectivity index (χ1n) is 6.92. The second kappa shape index (κ2) is 6.32. The van der Waals surface area contributed by atoms with Crippen LogP contribution in [0.4, 0.5) is 5.69 Å². The summed E-state index contributed by atoms with van der Waals surface area (Å²) in [5, 5.41) is 2.90. The number of methoxy groups -OCH3 is 1. The minimum Gasteiger partial charge on any atom is -0.497 e. The lowest BCUT2D eigenvalue weighted by Crippen LogP contribution is -2.35. The summed E-state index contributed by atoms with van der Waals surface area (Å²) in [7, 11) is 1.62. The molecule has 0 saturated heterocycles. The van der Waals surface area contributed by atoms with Gasteiger partial charge in [0.25, 0.3) is 0 Å². The van der Waals surface area contributed by atoms with Crippen molar-refractivity contribution in [3.63, 3.8) is 0 Å². The van der Waals surface area contributed by atoms with Crippen LogP contribution in [0.3, 0.4) is 0 Å². The number of halogens is 1. The Labute approximate surface area is 137 Å². The molecule has 5 heteroatoms. The molecule has 1 heterocycles. The number of nitrogens with zero attached hydrogens (tertiary/aromatic N) is 1. The largest absolute Gasteiger partial charge is 0.497 e. The molecule has 0 radical (unpaired) electrons. The number of amides is 1. The third-order valence-electron chi connectivity index (χ3n) is 3.66. The predicted octanol–water partition coefficient (Wildman–Crippen LogP) is 3.57. The average molecular weight is 359 g/mol. The van der Waals surface area contributed by atoms with Gasteiger partial charge in [0.05, 0.1) is 18.7 Å². The number of nitrogens with one attached hydrogen (secondary N) is 1. The van der Waals surface area contributed by atoms with Crippen LogP contribution in [0, 0.1) is 0 Å². The summed E-state index contributed by atoms with van der Waals surface area (Å²) in [5.41, 5.74) is 2.89. The van der Waals surface area contributed by atoms with E-state index in [0.717, 1.165) is 27.0 Å². The van der Waals surface area contributed by atoms with E-state index < -0.39 is 0 Å². The first kappa shape index (κ1) is 14.8. The first-order valence-corrected chi connectivity index (χ1v) is 7.71. The van der Waals surface area contributed by atoms with Crippen molar-refractivity contribution in [2.45, 2.75) is 12.5 Å². The van der Waals surface area contributed by atoms with E-state index in [2.05, 4.69) is 26.2 Å². The molecule has 0 saturated carbocycles. The Morgan fingerprint density at radius 2 is 2.05 bits per heavy atom. The van der Waals surface area contributed by atoms with E-state index in [-0.39, 0.29) is 11.8 Å². The number of fused-ring (bicyclic) bond motifs is 1. The fourth-order valence-electron chi connectivity index (χ4n) is 2.46. The van der Waals surface area contributed by atoms with Gasteiger partial charge in [0, 0.05) is 17.2 Å². The third-order valence-corrected chi connectivity index (χ3v) is 4.40. The summed E-state index contributed by atoms with van der Waals surface area (Å²) in [5.74, 6) is 0.384. The Morgan fingerprint density at radius 1 is 1.27 bits per heavy atom. The Balaban J connectivity index is 1.89. The van der Waals surface area contributed by atoms with Crippen molar-refractivity contribution in [2.75, 3.05) is 7.11 Å². The molecule has 1 unspecified atom stereocenters. The zero-order valence-electron chi connectivity index (χ0n) is 12.0. The quantitative estimate of drug-likeness (QED) is 0.852. The van der Waals surface area contributed by atoms with Crippen LogP contribution in [0.2, 0.25) is 0 Å². The van der Waals surface area contributed by atoms with Gasteiger partial charge in [-0.05, 0) is 41.5 Å². The van der Waals surface area contributed by atoms with Crippen molar-refractivity contribution >= 4 is 33.7 Å². The highest BCUT2D eigenvalue weighted by Gasteiger charge is 2.27. The minimum atomic E-state index is -0.372. The molecule has 1 aliphatic heterocycles. The van der Waals surface area contributed by atoms with Gasteiger partial charge >= 0.3 is 0 Å². The maximum Gasteiger partial charge on any atom is 0.233 e. The minimum absolute atomic E-state index is 0.0251. The number of hydrogen-bond acceptors (Lipinski definition) is 3. The third kappa shape index (κ3) is 2.90. The molecule has 0 fully saturated rings. The van der Waals surface area contributed by atoms with Crippen LogP contribution in [-0.2, 0) is 11.3 Å². The number of aliphatic imine (C=N–C) groups is 1. The highest BCUT2D eigenvalue weighted by molar-refractivity contribution is 9.10. The summed E-state index contributed by atoms with van der Waals surface area (Å²) in [6.45, 7) is 0.544. The highest BCUT2D eigenvalue weighted by Crippen LogP contribution is 2.30. The normalized spacial score (nSPS) is 17.2. The molecular formula is C17H15BrN2O2. The molecule has 22 heavy (non-hydrogen) atoms. The van der Waals surface area contributed by atoms with E-state index in [1.165, 1.54) is 0 Å². The lowest BCUT2D eigenvalue weighted by molar-refractivity contribution is -0.121. The number of benzene rings is 2. The van der Waals surface area contributed by atoms with Gasteiger partial charge in [0.2, 0.25) is 5.91 Å². The number of carbonyl (C=O) groups excluding carboxylic acids is 1. The zero-order chi connectivity index (χ0) is 15.5. The van der Waals surface area contributed by atoms with Gasteiger partial charge in [-0.1, -0.05) is 28.1 Å². The van der Waals surface area contributed by atoms with E-state index in [1.54, 1.807) is 13.3 Å². The van der Waals surface area contributed by atoms with Crippen LogP contribution in [0.1, 0.15) is 17.0 Å². The molecule has 3 rings (SSSR count). The number of rotatable bonds is 3. The van der Waals surface area contributed by atoms with Crippen LogP contribution >= 0.6 is 15.9 Å². The van der Waals surface area contributed by atoms with E-state index in [9.17, 15) is 4.79 Å². The van der Waals surface area contributed by atoms with Crippen LogP contribution in [0.15, 0.2) is 51.9 Å². The van der Waals surface area contributed by atoms with Gasteiger partial charge in [0.15, 0.2) is 0 Å². The summed E-state index contributed by atoms with van der Waals surface area (Å²) < 4.78 is 6.13. The molecule has 0 spiro atoms.